The summed E-state index contributed by atoms with van der Waals surface area (Å²) in [6.45, 7) is 4.00. The minimum atomic E-state index is -2.08. The van der Waals surface area contributed by atoms with E-state index in [1.54, 1.807) is 0 Å². The minimum absolute atomic E-state index is 0.0156. The van der Waals surface area contributed by atoms with Crippen LogP contribution in [-0.2, 0) is 5.60 Å². The van der Waals surface area contributed by atoms with Crippen molar-refractivity contribution in [3.63, 3.8) is 0 Å². The molecule has 0 radical (unpaired) electrons. The quantitative estimate of drug-likeness (QED) is 0.148. The van der Waals surface area contributed by atoms with Crippen LogP contribution in [-0.4, -0.2) is 40.2 Å². The molecule has 1 aromatic heterocycles. The highest BCUT2D eigenvalue weighted by Crippen LogP contribution is 2.50. The fourth-order valence-corrected chi connectivity index (χ4v) is 5.46. The van der Waals surface area contributed by atoms with Gasteiger partial charge in [0.15, 0.2) is 17.4 Å². The molecule has 41 heavy (non-hydrogen) atoms. The number of aromatic carboxylic acids is 1. The van der Waals surface area contributed by atoms with Gasteiger partial charge in [-0.1, -0.05) is 32.4 Å². The number of carboxylic acids is 1. The lowest BCUT2D eigenvalue weighted by molar-refractivity contribution is -0.0721. The van der Waals surface area contributed by atoms with Crippen molar-refractivity contribution in [2.45, 2.75) is 51.3 Å². The summed E-state index contributed by atoms with van der Waals surface area (Å²) in [5.74, 6) is -2.82. The first-order chi connectivity index (χ1) is 19.6. The van der Waals surface area contributed by atoms with Gasteiger partial charge in [0.1, 0.15) is 11.8 Å². The second-order valence-electron chi connectivity index (χ2n) is 9.63. The van der Waals surface area contributed by atoms with E-state index < -0.39 is 29.4 Å². The third kappa shape index (κ3) is 4.93. The summed E-state index contributed by atoms with van der Waals surface area (Å²) >= 11 is 0. The van der Waals surface area contributed by atoms with Crippen LogP contribution in [0.4, 0.5) is 18.9 Å². The number of hydrogen-bond donors (Lipinski definition) is 4. The molecule has 1 saturated carbocycles. The van der Waals surface area contributed by atoms with Gasteiger partial charge >= 0.3 is 5.97 Å². The lowest BCUT2D eigenvalue weighted by atomic mass is 9.78. The topological polar surface area (TPSA) is 122 Å². The zero-order chi connectivity index (χ0) is 30.1. The number of aliphatic hydroxyl groups is 1. The fourth-order valence-electron chi connectivity index (χ4n) is 5.46. The first-order valence-corrected chi connectivity index (χ1v) is 13.3. The Morgan fingerprint density at radius 1 is 1.15 bits per heavy atom. The molecule has 4 aromatic rings. The van der Waals surface area contributed by atoms with Gasteiger partial charge < -0.3 is 30.7 Å². The van der Waals surface area contributed by atoms with E-state index in [0.717, 1.165) is 12.3 Å². The van der Waals surface area contributed by atoms with Crippen molar-refractivity contribution in [1.29, 1.82) is 5.41 Å². The van der Waals surface area contributed by atoms with E-state index in [4.69, 9.17) is 15.9 Å². The Hall–Kier alpha value is -4.31. The van der Waals surface area contributed by atoms with Gasteiger partial charge in [-0.15, -0.1) is 0 Å². The predicted octanol–water partition coefficient (Wildman–Crippen LogP) is 6.99. The molecule has 216 valence electrons. The molecule has 0 amide bonds. The number of nitrogens with zero attached hydrogens (tertiary/aromatic N) is 1. The largest absolute Gasteiger partial charge is 0.494 e. The highest BCUT2D eigenvalue weighted by Gasteiger charge is 2.46. The summed E-state index contributed by atoms with van der Waals surface area (Å²) in [6.07, 6.45) is 0.316. The predicted molar refractivity (Wildman–Crippen MR) is 153 cm³/mol. The van der Waals surface area contributed by atoms with Crippen molar-refractivity contribution in [3.05, 3.63) is 77.0 Å². The Morgan fingerprint density at radius 2 is 1.83 bits per heavy atom. The Labute approximate surface area is 235 Å². The molecule has 1 fully saturated rings. The molecule has 5 N–H and O–H groups in total. The van der Waals surface area contributed by atoms with Crippen LogP contribution < -0.4 is 10.5 Å². The van der Waals surface area contributed by atoms with Crippen LogP contribution >= 0.6 is 0 Å². The van der Waals surface area contributed by atoms with Crippen LogP contribution in [0.5, 0.6) is 5.75 Å². The van der Waals surface area contributed by atoms with Crippen molar-refractivity contribution in [3.8, 4) is 22.6 Å². The Morgan fingerprint density at radius 3 is 2.41 bits per heavy atom. The number of methoxy groups -OCH3 is 1. The van der Waals surface area contributed by atoms with E-state index in [1.165, 1.54) is 54.1 Å². The maximum Gasteiger partial charge on any atom is 0.335 e. The first-order valence-electron chi connectivity index (χ1n) is 13.3. The second kappa shape index (κ2) is 11.7. The lowest BCUT2D eigenvalue weighted by Gasteiger charge is -2.37. The Balaban J connectivity index is 0.00000189. The number of halogens is 3. The van der Waals surface area contributed by atoms with Crippen molar-refractivity contribution in [1.82, 2.24) is 4.57 Å². The number of anilines is 1. The molecular formula is C31H32F3N3O4. The SMILES string of the molecule is CC.COc1cc(-n2c(C3(O)CCCCC3F)c(-c3ccc(C(=O)O)cc3)c3c(F)c(N)c(C=N)cc32)ccc1F. The summed E-state index contributed by atoms with van der Waals surface area (Å²) in [7, 11) is 1.28. The van der Waals surface area contributed by atoms with Crippen LogP contribution in [0, 0.1) is 17.0 Å². The number of carboxylic acid groups (broad SMARTS) is 1. The standard InChI is InChI=1S/C29H26F3N3O4.C2H6/c1-39-21-13-18(9-10-19(21)30)35-20-12-17(14-33)26(34)25(32)24(20)23(15-5-7-16(8-6-15)28(36)37)27(35)29(38)11-3-2-4-22(29)31;1-2/h5-10,12-14,22,33,38H,2-4,11,34H2,1H3,(H,36,37);1-2H3. The van der Waals surface area contributed by atoms with Crippen LogP contribution in [0.15, 0.2) is 48.5 Å². The number of nitrogens with one attached hydrogen (secondary N) is 1. The van der Waals surface area contributed by atoms with Gasteiger partial charge in [-0.2, -0.15) is 0 Å². The first kappa shape index (κ1) is 29.7. The van der Waals surface area contributed by atoms with Gasteiger partial charge in [-0.05, 0) is 55.2 Å². The third-order valence-corrected chi connectivity index (χ3v) is 7.43. The monoisotopic (exact) mass is 567 g/mol. The normalized spacial score (nSPS) is 18.5. The smallest absolute Gasteiger partial charge is 0.335 e. The molecule has 3 aromatic carbocycles. The summed E-state index contributed by atoms with van der Waals surface area (Å²) in [5, 5.41) is 29.1. The lowest BCUT2D eigenvalue weighted by Crippen LogP contribution is -2.41. The average Bonchev–Trinajstić information content (AvgIpc) is 3.33. The number of nitrogens with two attached hydrogens (primary N) is 1. The van der Waals surface area contributed by atoms with E-state index in [9.17, 15) is 19.4 Å². The van der Waals surface area contributed by atoms with Gasteiger partial charge in [0.05, 0.1) is 29.6 Å². The number of nitrogen functional groups attached to an aromatic ring is 1. The molecule has 2 atom stereocenters. The zero-order valence-electron chi connectivity index (χ0n) is 23.0. The molecular weight excluding hydrogens is 535 g/mol. The number of ether oxygens (including phenoxy) is 1. The molecule has 0 aliphatic heterocycles. The van der Waals surface area contributed by atoms with Gasteiger partial charge in [0.25, 0.3) is 0 Å². The van der Waals surface area contributed by atoms with E-state index in [-0.39, 0.29) is 63.3 Å². The molecule has 10 heteroatoms. The highest BCUT2D eigenvalue weighted by atomic mass is 19.1. The molecule has 1 heterocycles. The molecule has 1 aliphatic rings. The number of rotatable bonds is 6. The second-order valence-corrected chi connectivity index (χ2v) is 9.63. The number of carbonyl (C=O) groups is 1. The van der Waals surface area contributed by atoms with Crippen LogP contribution in [0.2, 0.25) is 0 Å². The molecule has 0 saturated heterocycles. The summed E-state index contributed by atoms with van der Waals surface area (Å²) in [6, 6.07) is 10.9. The highest BCUT2D eigenvalue weighted by molar-refractivity contribution is 6.05. The van der Waals surface area contributed by atoms with Gasteiger partial charge in [-0.25, -0.2) is 18.0 Å². The van der Waals surface area contributed by atoms with E-state index in [2.05, 4.69) is 0 Å². The fraction of sp³-hybridized carbons (Fsp3) is 0.290. The van der Waals surface area contributed by atoms with Gasteiger partial charge in [0, 0.05) is 34.5 Å². The van der Waals surface area contributed by atoms with Crippen molar-refractivity contribution in [2.24, 2.45) is 0 Å². The minimum Gasteiger partial charge on any atom is -0.494 e. The number of hydrogen-bond acceptors (Lipinski definition) is 5. The maximum atomic E-state index is 16.1. The zero-order valence-corrected chi connectivity index (χ0v) is 23.0. The average molecular weight is 568 g/mol. The van der Waals surface area contributed by atoms with E-state index >= 15 is 8.78 Å². The molecule has 5 rings (SSSR count). The van der Waals surface area contributed by atoms with E-state index in [0.29, 0.717) is 18.4 Å². The third-order valence-electron chi connectivity index (χ3n) is 7.43. The van der Waals surface area contributed by atoms with Crippen molar-refractivity contribution >= 4 is 28.8 Å². The summed E-state index contributed by atoms with van der Waals surface area (Å²) in [4.78, 5) is 11.5. The van der Waals surface area contributed by atoms with Crippen LogP contribution in [0.3, 0.4) is 0 Å². The number of fused-ring (bicyclic) bond motifs is 1. The van der Waals surface area contributed by atoms with Crippen molar-refractivity contribution < 1.29 is 32.9 Å². The van der Waals surface area contributed by atoms with Crippen LogP contribution in [0.1, 0.15) is 61.1 Å². The van der Waals surface area contributed by atoms with Gasteiger partial charge in [-0.3, -0.25) is 0 Å². The summed E-state index contributed by atoms with van der Waals surface area (Å²) < 4.78 is 52.9. The van der Waals surface area contributed by atoms with E-state index in [1.807, 2.05) is 13.8 Å². The Bertz CT molecular complexity index is 1620. The van der Waals surface area contributed by atoms with Crippen LogP contribution in [0.25, 0.3) is 27.7 Å². The molecule has 1 aliphatic carbocycles. The van der Waals surface area contributed by atoms with Crippen molar-refractivity contribution in [2.75, 3.05) is 12.8 Å². The molecule has 0 spiro atoms. The number of aromatic nitrogens is 1. The molecule has 0 bridgehead atoms. The maximum absolute atomic E-state index is 16.1. The summed E-state index contributed by atoms with van der Waals surface area (Å²) in [5.41, 5.74) is 4.58. The number of benzene rings is 3. The number of alkyl halides is 1. The molecule has 2 unspecified atom stereocenters. The molecule has 7 nitrogen and oxygen atoms in total. The Kier molecular flexibility index (Phi) is 8.44. The van der Waals surface area contributed by atoms with Gasteiger partial charge in [0.2, 0.25) is 0 Å².